The number of hydrogen-bond acceptors (Lipinski definition) is 5. The second-order valence-corrected chi connectivity index (χ2v) is 8.85. The van der Waals surface area contributed by atoms with Gasteiger partial charge in [-0.3, -0.25) is 4.90 Å². The molecule has 0 aromatic heterocycles. The van der Waals surface area contributed by atoms with Crippen LogP contribution in [0.4, 0.5) is 0 Å². The molecule has 1 aromatic carbocycles. The zero-order valence-electron chi connectivity index (χ0n) is 18.6. The van der Waals surface area contributed by atoms with Gasteiger partial charge >= 0.3 is 5.24 Å². The topological polar surface area (TPSA) is 30.7 Å². The molecule has 0 radical (unpaired) electrons. The lowest BCUT2D eigenvalue weighted by atomic mass is 9.84. The van der Waals surface area contributed by atoms with Crippen molar-refractivity contribution in [3.8, 4) is 11.5 Å². The first-order valence-corrected chi connectivity index (χ1v) is 11.6. The van der Waals surface area contributed by atoms with Gasteiger partial charge in [0.1, 0.15) is 18.1 Å². The number of aryl methyl sites for hydroxylation is 1. The van der Waals surface area contributed by atoms with Gasteiger partial charge in [-0.2, -0.15) is 0 Å². The quantitative estimate of drug-likeness (QED) is 0.146. The van der Waals surface area contributed by atoms with Crippen LogP contribution in [0.25, 0.3) is 0 Å². The maximum Gasteiger partial charge on any atom is 0.357 e. The molecule has 4 nitrogen and oxygen atoms in total. The zero-order chi connectivity index (χ0) is 21.5. The molecule has 3 unspecified atom stereocenters. The van der Waals surface area contributed by atoms with Gasteiger partial charge in [-0.25, -0.2) is 0 Å². The molecule has 1 aliphatic heterocycles. The number of hydrogen-bond donors (Lipinski definition) is 0. The van der Waals surface area contributed by atoms with Crippen LogP contribution in [0, 0.1) is 0 Å². The number of benzene rings is 1. The van der Waals surface area contributed by atoms with E-state index in [0.29, 0.717) is 12.6 Å². The first-order chi connectivity index (χ1) is 14.5. The van der Waals surface area contributed by atoms with Crippen molar-refractivity contribution in [3.05, 3.63) is 47.7 Å². The Labute approximate surface area is 186 Å². The highest BCUT2D eigenvalue weighted by Crippen LogP contribution is 2.43. The van der Waals surface area contributed by atoms with Crippen molar-refractivity contribution >= 4 is 17.5 Å². The number of nitrogens with zero attached hydrogens (tertiary/aromatic N) is 1. The molecule has 2 aliphatic rings. The van der Waals surface area contributed by atoms with E-state index in [1.54, 1.807) is 0 Å². The summed E-state index contributed by atoms with van der Waals surface area (Å²) in [7, 11) is 2.08. The summed E-state index contributed by atoms with van der Waals surface area (Å²) >= 11 is 5.42. The van der Waals surface area contributed by atoms with Gasteiger partial charge in [0.25, 0.3) is 0 Å². The van der Waals surface area contributed by atoms with Gasteiger partial charge in [-0.15, -0.1) is 0 Å². The van der Waals surface area contributed by atoms with E-state index >= 15 is 0 Å². The van der Waals surface area contributed by atoms with Crippen molar-refractivity contribution in [3.63, 3.8) is 0 Å². The minimum Gasteiger partial charge on any atom is -0.465 e. The molecule has 1 aliphatic carbocycles. The summed E-state index contributed by atoms with van der Waals surface area (Å²) in [6.07, 6.45) is 11.7. The Hall–Kier alpha value is -1.85. The molecular formula is C25H35NO3S. The molecule has 0 saturated carbocycles. The van der Waals surface area contributed by atoms with Crippen LogP contribution in [0.5, 0.6) is 11.5 Å². The van der Waals surface area contributed by atoms with Crippen LogP contribution in [0.1, 0.15) is 69.4 Å². The Kier molecular flexibility index (Phi) is 8.34. The van der Waals surface area contributed by atoms with Gasteiger partial charge in [0, 0.05) is 30.2 Å². The number of likely N-dealkylation sites (N-methyl/N-ethyl adjacent to an activating group) is 1. The van der Waals surface area contributed by atoms with E-state index in [1.165, 1.54) is 30.2 Å². The van der Waals surface area contributed by atoms with Crippen LogP contribution in [0.15, 0.2) is 36.6 Å². The van der Waals surface area contributed by atoms with E-state index < -0.39 is 0 Å². The smallest absolute Gasteiger partial charge is 0.357 e. The SMILES string of the molecule is C=COc1cc(CCCCC)cc(OC(=S)OCC2CN2C)c1C1C=C(C)CCC1. The van der Waals surface area contributed by atoms with Crippen LogP contribution in [0.2, 0.25) is 0 Å². The highest BCUT2D eigenvalue weighted by atomic mass is 32.1. The minimum atomic E-state index is 0.184. The van der Waals surface area contributed by atoms with Crippen molar-refractivity contribution in [2.45, 2.75) is 70.8 Å². The van der Waals surface area contributed by atoms with E-state index in [9.17, 15) is 0 Å². The number of ether oxygens (including phenoxy) is 3. The molecule has 164 valence electrons. The molecular weight excluding hydrogens is 394 g/mol. The van der Waals surface area contributed by atoms with E-state index in [-0.39, 0.29) is 11.2 Å². The van der Waals surface area contributed by atoms with Crippen LogP contribution in [-0.4, -0.2) is 36.4 Å². The van der Waals surface area contributed by atoms with Gasteiger partial charge in [-0.05, 0) is 63.8 Å². The largest absolute Gasteiger partial charge is 0.465 e. The molecule has 5 heteroatoms. The second kappa shape index (κ2) is 11.0. The lowest BCUT2D eigenvalue weighted by molar-refractivity contribution is 0.238. The molecule has 1 saturated heterocycles. The van der Waals surface area contributed by atoms with Crippen LogP contribution < -0.4 is 9.47 Å². The molecule has 3 rings (SSSR count). The van der Waals surface area contributed by atoms with E-state index in [2.05, 4.69) is 50.6 Å². The summed E-state index contributed by atoms with van der Waals surface area (Å²) in [6, 6.07) is 4.70. The maximum absolute atomic E-state index is 6.13. The fourth-order valence-electron chi connectivity index (χ4n) is 4.10. The normalized spacial score (nSPS) is 22.8. The predicted molar refractivity (Wildman–Crippen MR) is 126 cm³/mol. The Balaban J connectivity index is 1.88. The predicted octanol–water partition coefficient (Wildman–Crippen LogP) is 6.15. The summed E-state index contributed by atoms with van der Waals surface area (Å²) in [5, 5.41) is 0.184. The number of allylic oxidation sites excluding steroid dienone is 2. The molecule has 1 heterocycles. The Morgan fingerprint density at radius 1 is 1.30 bits per heavy atom. The highest BCUT2D eigenvalue weighted by molar-refractivity contribution is 7.79. The van der Waals surface area contributed by atoms with Crippen molar-refractivity contribution in [2.75, 3.05) is 20.2 Å². The van der Waals surface area contributed by atoms with Crippen molar-refractivity contribution in [1.82, 2.24) is 4.90 Å². The van der Waals surface area contributed by atoms with Crippen LogP contribution >= 0.6 is 12.2 Å². The summed E-state index contributed by atoms with van der Waals surface area (Å²) < 4.78 is 17.7. The van der Waals surface area contributed by atoms with Crippen LogP contribution in [-0.2, 0) is 11.2 Å². The molecule has 3 atom stereocenters. The van der Waals surface area contributed by atoms with E-state index in [0.717, 1.165) is 55.7 Å². The average molecular weight is 430 g/mol. The average Bonchev–Trinajstić information content (AvgIpc) is 3.42. The Bertz CT molecular complexity index is 789. The van der Waals surface area contributed by atoms with Crippen LogP contribution in [0.3, 0.4) is 0 Å². The fourth-order valence-corrected chi connectivity index (χ4v) is 4.26. The third-order valence-corrected chi connectivity index (χ3v) is 6.16. The molecule has 0 amide bonds. The third-order valence-electron chi connectivity index (χ3n) is 5.96. The summed E-state index contributed by atoms with van der Waals surface area (Å²) in [5.74, 6) is 1.81. The van der Waals surface area contributed by atoms with Crippen molar-refractivity contribution < 1.29 is 14.2 Å². The number of rotatable bonds is 10. The lowest BCUT2D eigenvalue weighted by Gasteiger charge is -2.25. The van der Waals surface area contributed by atoms with E-state index in [4.69, 9.17) is 26.4 Å². The molecule has 1 fully saturated rings. The van der Waals surface area contributed by atoms with Gasteiger partial charge in [0.05, 0.1) is 12.3 Å². The molecule has 0 spiro atoms. The molecule has 0 bridgehead atoms. The van der Waals surface area contributed by atoms with Gasteiger partial charge in [0.2, 0.25) is 0 Å². The lowest BCUT2D eigenvalue weighted by Crippen LogP contribution is -2.17. The second-order valence-electron chi connectivity index (χ2n) is 8.52. The maximum atomic E-state index is 6.13. The Morgan fingerprint density at radius 2 is 2.07 bits per heavy atom. The fraction of sp³-hybridized carbons (Fsp3) is 0.560. The van der Waals surface area contributed by atoms with E-state index in [1.807, 2.05) is 0 Å². The van der Waals surface area contributed by atoms with Gasteiger partial charge < -0.3 is 14.2 Å². The molecule has 0 N–H and O–H groups in total. The summed E-state index contributed by atoms with van der Waals surface area (Å²) in [6.45, 7) is 9.81. The highest BCUT2D eigenvalue weighted by Gasteiger charge is 2.31. The summed E-state index contributed by atoms with van der Waals surface area (Å²) in [5.41, 5.74) is 3.65. The van der Waals surface area contributed by atoms with Crippen molar-refractivity contribution in [1.29, 1.82) is 0 Å². The molecule has 1 aromatic rings. The first kappa shape index (κ1) is 22.8. The van der Waals surface area contributed by atoms with Gasteiger partial charge in [0.15, 0.2) is 0 Å². The third kappa shape index (κ3) is 6.32. The molecule has 30 heavy (non-hydrogen) atoms. The number of unbranched alkanes of at least 4 members (excludes halogenated alkanes) is 2. The standard InChI is InChI=1S/C25H35NO3S/c1-5-7-8-11-19-14-22(27-6-2)24(20-12-9-10-18(3)13-20)23(15-19)29-25(30)28-17-21-16-26(21)4/h6,13-15,20-21H,2,5,7-12,16-17H2,1,3-4H3. The number of thiocarbonyl (C=S) groups is 1. The monoisotopic (exact) mass is 429 g/mol. The first-order valence-electron chi connectivity index (χ1n) is 11.2. The Morgan fingerprint density at radius 3 is 2.73 bits per heavy atom. The summed E-state index contributed by atoms with van der Waals surface area (Å²) in [4.78, 5) is 2.22. The minimum absolute atomic E-state index is 0.184. The van der Waals surface area contributed by atoms with Gasteiger partial charge in [-0.1, -0.05) is 38.0 Å². The zero-order valence-corrected chi connectivity index (χ0v) is 19.4. The van der Waals surface area contributed by atoms with Crippen molar-refractivity contribution in [2.24, 2.45) is 0 Å².